The molecule has 200 valence electrons. The summed E-state index contributed by atoms with van der Waals surface area (Å²) in [5.41, 5.74) is 8.55. The van der Waals surface area contributed by atoms with Gasteiger partial charge < -0.3 is 9.47 Å². The van der Waals surface area contributed by atoms with Gasteiger partial charge in [0.25, 0.3) is 0 Å². The Morgan fingerprint density at radius 2 is 1.50 bits per heavy atom. The maximum atomic E-state index is 12.2. The van der Waals surface area contributed by atoms with Crippen molar-refractivity contribution < 1.29 is 14.3 Å². The second kappa shape index (κ2) is 13.9. The molecule has 1 heterocycles. The number of allylic oxidation sites excluding steroid dienone is 6. The molecule has 2 rings (SSSR count). The lowest BCUT2D eigenvalue weighted by Crippen LogP contribution is -2.37. The molecule has 0 N–H and O–H groups in total. The summed E-state index contributed by atoms with van der Waals surface area (Å²) in [4.78, 5) is 12.2. The quantitative estimate of drug-likeness (QED) is 0.165. The molecule has 0 bridgehead atoms. The first-order chi connectivity index (χ1) is 17.0. The van der Waals surface area contributed by atoms with Gasteiger partial charge in [-0.2, -0.15) is 0 Å². The van der Waals surface area contributed by atoms with E-state index in [0.29, 0.717) is 6.42 Å². The molecule has 1 aromatic rings. The van der Waals surface area contributed by atoms with E-state index in [0.717, 1.165) is 86.0 Å². The molecule has 3 heteroatoms. The zero-order chi connectivity index (χ0) is 26.9. The van der Waals surface area contributed by atoms with Crippen molar-refractivity contribution in [2.75, 3.05) is 0 Å². The highest BCUT2D eigenvalue weighted by Gasteiger charge is 2.34. The highest BCUT2D eigenvalue weighted by molar-refractivity contribution is 5.74. The Bertz CT molecular complexity index is 1000. The smallest absolute Gasteiger partial charge is 0.311 e. The van der Waals surface area contributed by atoms with Gasteiger partial charge in [-0.25, -0.2) is 0 Å². The molecule has 36 heavy (non-hydrogen) atoms. The Labute approximate surface area is 221 Å². The number of hydrogen-bond donors (Lipinski definition) is 0. The molecule has 1 aliphatic rings. The maximum absolute atomic E-state index is 12.2. The Morgan fingerprint density at radius 3 is 2.11 bits per heavy atom. The predicted octanol–water partition coefficient (Wildman–Crippen LogP) is 9.60. The summed E-state index contributed by atoms with van der Waals surface area (Å²) in [5, 5.41) is 0. The van der Waals surface area contributed by atoms with Crippen LogP contribution in [0, 0.1) is 20.8 Å². The molecular formula is C33H50O3. The Morgan fingerprint density at radius 1 is 0.889 bits per heavy atom. The minimum Gasteiger partial charge on any atom is -0.487 e. The van der Waals surface area contributed by atoms with Crippen LogP contribution < -0.4 is 9.47 Å². The van der Waals surface area contributed by atoms with Crippen LogP contribution in [0.2, 0.25) is 0 Å². The third-order valence-corrected chi connectivity index (χ3v) is 7.52. The van der Waals surface area contributed by atoms with Crippen LogP contribution in [0.5, 0.6) is 11.5 Å². The van der Waals surface area contributed by atoms with Crippen LogP contribution in [-0.2, 0) is 11.2 Å². The van der Waals surface area contributed by atoms with E-state index >= 15 is 0 Å². The normalized spacial score (nSPS) is 17.9. The maximum Gasteiger partial charge on any atom is 0.311 e. The molecule has 0 radical (unpaired) electrons. The van der Waals surface area contributed by atoms with Crippen LogP contribution in [0.3, 0.4) is 0 Å². The second-order valence-corrected chi connectivity index (χ2v) is 11.3. The number of esters is 1. The van der Waals surface area contributed by atoms with E-state index in [1.807, 2.05) is 13.8 Å². The van der Waals surface area contributed by atoms with Crippen molar-refractivity contribution in [2.24, 2.45) is 0 Å². The Balaban J connectivity index is 1.97. The van der Waals surface area contributed by atoms with Crippen LogP contribution in [0.4, 0.5) is 0 Å². The molecule has 1 aromatic carbocycles. The van der Waals surface area contributed by atoms with Crippen molar-refractivity contribution in [3.05, 3.63) is 57.2 Å². The van der Waals surface area contributed by atoms with Crippen molar-refractivity contribution in [3.8, 4) is 11.5 Å². The van der Waals surface area contributed by atoms with Gasteiger partial charge >= 0.3 is 5.97 Å². The van der Waals surface area contributed by atoms with Gasteiger partial charge in [-0.15, -0.1) is 0 Å². The number of fused-ring (bicyclic) bond motifs is 1. The fourth-order valence-corrected chi connectivity index (χ4v) is 4.94. The predicted molar refractivity (Wildman–Crippen MR) is 153 cm³/mol. The number of rotatable bonds is 12. The number of benzene rings is 1. The van der Waals surface area contributed by atoms with Crippen molar-refractivity contribution in [2.45, 2.75) is 132 Å². The largest absolute Gasteiger partial charge is 0.487 e. The average Bonchev–Trinajstić information content (AvgIpc) is 2.80. The fourth-order valence-electron chi connectivity index (χ4n) is 4.94. The molecule has 1 aliphatic heterocycles. The highest BCUT2D eigenvalue weighted by atomic mass is 16.5. The van der Waals surface area contributed by atoms with Gasteiger partial charge in [-0.1, -0.05) is 41.9 Å². The first kappa shape index (κ1) is 29.9. The lowest BCUT2D eigenvalue weighted by molar-refractivity contribution is -0.134. The molecule has 0 saturated heterocycles. The molecule has 0 aliphatic carbocycles. The topological polar surface area (TPSA) is 35.5 Å². The number of carbonyl (C=O) groups is 1. The number of ether oxygens (including phenoxy) is 2. The second-order valence-electron chi connectivity index (χ2n) is 11.3. The molecule has 0 saturated carbocycles. The van der Waals surface area contributed by atoms with Crippen molar-refractivity contribution in [1.82, 2.24) is 0 Å². The van der Waals surface area contributed by atoms with Gasteiger partial charge in [-0.3, -0.25) is 4.79 Å². The van der Waals surface area contributed by atoms with Crippen LogP contribution in [-0.4, -0.2) is 11.6 Å². The molecule has 0 amide bonds. The minimum absolute atomic E-state index is 0.152. The average molecular weight is 495 g/mol. The standard InChI is InChI=1S/C33H50O3/c1-10-14-30(34)35-31-26(6)27(7)32-29(28(31)8)20-22-33(9,36-32)21-13-19-25(5)18-12-17-24(4)16-11-15-23(2)3/h15,17,19H,10-14,16,18,20-22H2,1-9H3/b24-17+,25-19+. The Kier molecular flexibility index (Phi) is 11.5. The van der Waals surface area contributed by atoms with E-state index < -0.39 is 0 Å². The molecule has 0 fully saturated rings. The van der Waals surface area contributed by atoms with Crippen LogP contribution >= 0.6 is 0 Å². The number of carbonyl (C=O) groups excluding carboxylic acids is 1. The highest BCUT2D eigenvalue weighted by Crippen LogP contribution is 2.45. The zero-order valence-electron chi connectivity index (χ0n) is 24.5. The van der Waals surface area contributed by atoms with Crippen LogP contribution in [0.15, 0.2) is 34.9 Å². The van der Waals surface area contributed by atoms with Gasteiger partial charge in [0.15, 0.2) is 0 Å². The van der Waals surface area contributed by atoms with Gasteiger partial charge in [0.1, 0.15) is 17.1 Å². The van der Waals surface area contributed by atoms with Gasteiger partial charge in [0.2, 0.25) is 0 Å². The Hall–Kier alpha value is -2.29. The summed E-state index contributed by atoms with van der Waals surface area (Å²) in [6, 6.07) is 0. The molecule has 0 aromatic heterocycles. The van der Waals surface area contributed by atoms with Crippen molar-refractivity contribution >= 4 is 5.97 Å². The number of hydrogen-bond acceptors (Lipinski definition) is 3. The van der Waals surface area contributed by atoms with Gasteiger partial charge in [-0.05, 0) is 130 Å². The summed E-state index contributed by atoms with van der Waals surface area (Å²) >= 11 is 0. The molecule has 0 spiro atoms. The first-order valence-electron chi connectivity index (χ1n) is 13.9. The lowest BCUT2D eigenvalue weighted by atomic mass is 9.85. The first-order valence-corrected chi connectivity index (χ1v) is 13.9. The third kappa shape index (κ3) is 8.68. The SMILES string of the molecule is CCCC(=O)Oc1c(C)c(C)c2c(c1C)CCC(C)(CC/C=C(\C)CC/C=C(\C)CCC=C(C)C)O2. The van der Waals surface area contributed by atoms with Crippen molar-refractivity contribution in [1.29, 1.82) is 0 Å². The van der Waals surface area contributed by atoms with Gasteiger partial charge in [0.05, 0.1) is 0 Å². The van der Waals surface area contributed by atoms with E-state index in [9.17, 15) is 4.79 Å². The fraction of sp³-hybridized carbons (Fsp3) is 0.606. The zero-order valence-corrected chi connectivity index (χ0v) is 24.5. The molecular weight excluding hydrogens is 444 g/mol. The van der Waals surface area contributed by atoms with Crippen LogP contribution in [0.25, 0.3) is 0 Å². The van der Waals surface area contributed by atoms with E-state index in [1.165, 1.54) is 22.3 Å². The van der Waals surface area contributed by atoms with E-state index in [2.05, 4.69) is 66.7 Å². The summed E-state index contributed by atoms with van der Waals surface area (Å²) in [7, 11) is 0. The molecule has 1 unspecified atom stereocenters. The molecule has 3 nitrogen and oxygen atoms in total. The summed E-state index contributed by atoms with van der Waals surface area (Å²) in [5.74, 6) is 1.58. The summed E-state index contributed by atoms with van der Waals surface area (Å²) in [6.45, 7) is 19.3. The van der Waals surface area contributed by atoms with E-state index in [1.54, 1.807) is 0 Å². The van der Waals surface area contributed by atoms with Crippen molar-refractivity contribution in [3.63, 3.8) is 0 Å². The lowest BCUT2D eigenvalue weighted by Gasteiger charge is -2.38. The summed E-state index contributed by atoms with van der Waals surface area (Å²) in [6.07, 6.45) is 16.9. The monoisotopic (exact) mass is 494 g/mol. The minimum atomic E-state index is -0.171. The summed E-state index contributed by atoms with van der Waals surface area (Å²) < 4.78 is 12.5. The van der Waals surface area contributed by atoms with E-state index in [4.69, 9.17) is 9.47 Å². The molecule has 1 atom stereocenters. The van der Waals surface area contributed by atoms with Gasteiger partial charge in [0, 0.05) is 12.0 Å². The van der Waals surface area contributed by atoms with E-state index in [-0.39, 0.29) is 11.6 Å². The van der Waals surface area contributed by atoms with Crippen LogP contribution in [0.1, 0.15) is 122 Å². The third-order valence-electron chi connectivity index (χ3n) is 7.52.